The Labute approximate surface area is 708 Å². The van der Waals surface area contributed by atoms with E-state index in [4.69, 9.17) is 90.0 Å². The SMILES string of the molecule is CC(=O)NC1C(O)OC(COC2OC(C)C(O)C(O)C2O)C(OC2OC(CO)C(OC3OC(COC4OC(CO)C(O)C(O)C4OC4OC(CO)C(O)C(O)C4NC(C)=O)C(OC4OC(CO)C(O)C(O)C4NC(C)=O)C(OC4OC(CO)C(O)C(O)C4OC4OC(CO)C(OC5OC(CO)C(O)C(O)C5O)C(O)C4NC(C)=O)C3O)C(O)C2NC(C)=O)C1O. The van der Waals surface area contributed by atoms with Gasteiger partial charge in [-0.1, -0.05) is 0 Å². The third-order valence-corrected chi connectivity index (χ3v) is 22.8. The van der Waals surface area contributed by atoms with E-state index in [0.29, 0.717) is 0 Å². The minimum Gasteiger partial charge on any atom is -0.394 e. The van der Waals surface area contributed by atoms with Crippen LogP contribution in [0.2, 0.25) is 0 Å². The number of hydrogen-bond donors (Lipinski definition) is 31. The van der Waals surface area contributed by atoms with Gasteiger partial charge >= 0.3 is 0 Å². The van der Waals surface area contributed by atoms with Crippen LogP contribution in [0.15, 0.2) is 0 Å². The molecule has 0 aromatic rings. The van der Waals surface area contributed by atoms with Crippen molar-refractivity contribution in [3.05, 3.63) is 0 Å². The number of rotatable bonds is 32. The monoisotopic (exact) mass is 1830 g/mol. The third kappa shape index (κ3) is 23.1. The summed E-state index contributed by atoms with van der Waals surface area (Å²) in [6, 6.07) is -9.78. The molecule has 10 heterocycles. The highest BCUT2D eigenvalue weighted by Gasteiger charge is 2.62. The first-order valence-electron chi connectivity index (χ1n) is 40.0. The fourth-order valence-corrected chi connectivity index (χ4v) is 16.2. The van der Waals surface area contributed by atoms with E-state index >= 15 is 0 Å². The van der Waals surface area contributed by atoms with Crippen molar-refractivity contribution >= 4 is 29.5 Å². The molecule has 10 rings (SSSR count). The molecule has 0 aliphatic carbocycles. The van der Waals surface area contributed by atoms with Crippen LogP contribution < -0.4 is 26.6 Å². The van der Waals surface area contributed by atoms with E-state index in [9.17, 15) is 157 Å². The number of carbonyl (C=O) groups is 5. The maximum absolute atomic E-state index is 13.4. The zero-order chi connectivity index (χ0) is 92.1. The van der Waals surface area contributed by atoms with Crippen LogP contribution in [0.5, 0.6) is 0 Å². The summed E-state index contributed by atoms with van der Waals surface area (Å²) < 4.78 is 116. The van der Waals surface area contributed by atoms with Crippen molar-refractivity contribution in [1.82, 2.24) is 26.6 Å². The van der Waals surface area contributed by atoms with Crippen molar-refractivity contribution in [1.29, 1.82) is 0 Å². The van der Waals surface area contributed by atoms with E-state index in [-0.39, 0.29) is 0 Å². The molecular weight excluding hydrogens is 1710 g/mol. The van der Waals surface area contributed by atoms with Crippen molar-refractivity contribution in [2.45, 2.75) is 348 Å². The zero-order valence-corrected chi connectivity index (χ0v) is 67.7. The molecule has 0 spiro atoms. The normalized spacial score (nSPS) is 48.7. The van der Waals surface area contributed by atoms with Crippen molar-refractivity contribution in [3.8, 4) is 0 Å². The van der Waals surface area contributed by atoms with Crippen LogP contribution in [-0.2, 0) is 114 Å². The zero-order valence-electron chi connectivity index (χ0n) is 67.7. The van der Waals surface area contributed by atoms with Crippen LogP contribution >= 0.6 is 0 Å². The van der Waals surface area contributed by atoms with Gasteiger partial charge in [0, 0.05) is 34.6 Å². The minimum absolute atomic E-state index is 0.864. The first kappa shape index (κ1) is 103. The summed E-state index contributed by atoms with van der Waals surface area (Å²) in [5.41, 5.74) is 0. The molecule has 10 aliphatic rings. The van der Waals surface area contributed by atoms with E-state index < -0.39 is 396 Å². The Morgan fingerprint density at radius 3 is 0.904 bits per heavy atom. The molecule has 55 heteroatoms. The van der Waals surface area contributed by atoms with Gasteiger partial charge in [0.2, 0.25) is 29.5 Å². The summed E-state index contributed by atoms with van der Waals surface area (Å²) in [6.45, 7) is -4.42. The maximum atomic E-state index is 13.4. The quantitative estimate of drug-likeness (QED) is 0.0297. The molecule has 50 atom stereocenters. The summed E-state index contributed by atoms with van der Waals surface area (Å²) in [4.78, 5) is 65.0. The summed E-state index contributed by atoms with van der Waals surface area (Å²) in [5, 5.41) is 305. The van der Waals surface area contributed by atoms with Crippen LogP contribution in [-0.4, -0.2) is 529 Å². The number of hydrogen-bond acceptors (Lipinski definition) is 50. The Balaban J connectivity index is 1.08. The first-order valence-corrected chi connectivity index (χ1v) is 40.0. The van der Waals surface area contributed by atoms with Gasteiger partial charge in [0.05, 0.1) is 65.6 Å². The van der Waals surface area contributed by atoms with Gasteiger partial charge in [-0.2, -0.15) is 0 Å². The van der Waals surface area contributed by atoms with Crippen LogP contribution in [0.25, 0.3) is 0 Å². The molecule has 0 aromatic carbocycles. The van der Waals surface area contributed by atoms with Gasteiger partial charge in [-0.25, -0.2) is 0 Å². The molecule has 10 aliphatic heterocycles. The number of amides is 5. The lowest BCUT2D eigenvalue weighted by Gasteiger charge is -2.52. The fourth-order valence-electron chi connectivity index (χ4n) is 16.2. The van der Waals surface area contributed by atoms with Gasteiger partial charge in [0.15, 0.2) is 62.9 Å². The van der Waals surface area contributed by atoms with Crippen LogP contribution in [0.4, 0.5) is 0 Å². The van der Waals surface area contributed by atoms with Gasteiger partial charge in [0.1, 0.15) is 238 Å². The Kier molecular flexibility index (Phi) is 36.8. The number of aliphatic hydroxyl groups is 26. The lowest BCUT2D eigenvalue weighted by Crippen LogP contribution is -2.71. The highest BCUT2D eigenvalue weighted by molar-refractivity contribution is 5.75. The number of aliphatic hydroxyl groups excluding tert-OH is 26. The van der Waals surface area contributed by atoms with Crippen molar-refractivity contribution < 1.29 is 247 Å². The van der Waals surface area contributed by atoms with Gasteiger partial charge in [0.25, 0.3) is 0 Å². The lowest BCUT2D eigenvalue weighted by atomic mass is 9.93. The van der Waals surface area contributed by atoms with Crippen LogP contribution in [0.1, 0.15) is 41.5 Å². The molecule has 5 amide bonds. The van der Waals surface area contributed by atoms with E-state index in [1.807, 2.05) is 0 Å². The third-order valence-electron chi connectivity index (χ3n) is 22.8. The van der Waals surface area contributed by atoms with Crippen LogP contribution in [0.3, 0.4) is 0 Å². The van der Waals surface area contributed by atoms with Crippen molar-refractivity contribution in [3.63, 3.8) is 0 Å². The first-order chi connectivity index (χ1) is 59.1. The van der Waals surface area contributed by atoms with Gasteiger partial charge in [-0.05, 0) is 6.92 Å². The van der Waals surface area contributed by atoms with Crippen molar-refractivity contribution in [2.75, 3.05) is 59.5 Å². The second-order valence-electron chi connectivity index (χ2n) is 31.7. The van der Waals surface area contributed by atoms with Crippen LogP contribution in [0, 0.1) is 0 Å². The highest BCUT2D eigenvalue weighted by Crippen LogP contribution is 2.42. The largest absolute Gasteiger partial charge is 0.394 e. The standard InChI is InChI=1S/C70H117N5O50/c1-16-36(88)47(99)51(103)66(109-16)107-14-29-56(44(96)31(61(106)110-29)71-17(2)83)119-64-34(74-20(5)86)45(97)55(28(13-82)116-64)121-68-53(105)58(123-70-60(50(102)41(93)26(11-80)115-70)125-65-35(75-21(6)87)46(98)54(27(12-81)117-65)120-67-52(104)48(100)39(91)24(9-78)113-67)57(122-62-32(72-18(3)84)42(94)37(89)22(7-76)111-62)30(118-68)15-108-69-59(49(101)40(92)25(10-79)114-69)124-63-33(73-19(4)85)43(95)38(90)23(8-77)112-63/h16,22-70,76-82,88-106H,7-15H2,1-6H3,(H,71,83)(H,72,84)(H,73,85)(H,74,86)(H,75,87). The average Bonchev–Trinajstić information content (AvgIpc) is 0.754. The second-order valence-corrected chi connectivity index (χ2v) is 31.7. The minimum atomic E-state index is -2.78. The second kappa shape index (κ2) is 44.9. The molecule has 0 radical (unpaired) electrons. The summed E-state index contributed by atoms with van der Waals surface area (Å²) in [7, 11) is 0. The fraction of sp³-hybridized carbons (Fsp3) is 0.929. The molecule has 0 saturated carbocycles. The smallest absolute Gasteiger partial charge is 0.217 e. The van der Waals surface area contributed by atoms with E-state index in [1.54, 1.807) is 0 Å². The molecule has 0 aromatic heterocycles. The molecule has 125 heavy (non-hydrogen) atoms. The number of nitrogens with one attached hydrogen (secondary N) is 5. The predicted octanol–water partition coefficient (Wildman–Crippen LogP) is -21.1. The average molecular weight is 1830 g/mol. The van der Waals surface area contributed by atoms with Crippen molar-refractivity contribution in [2.24, 2.45) is 0 Å². The molecule has 31 N–H and O–H groups in total. The molecule has 10 fully saturated rings. The number of ether oxygens (including phenoxy) is 19. The Hall–Kier alpha value is -4.45. The summed E-state index contributed by atoms with van der Waals surface area (Å²) in [5.74, 6) is -4.80. The van der Waals surface area contributed by atoms with Gasteiger partial charge in [-0.15, -0.1) is 0 Å². The molecule has 0 bridgehead atoms. The number of carbonyl (C=O) groups excluding carboxylic acids is 5. The molecule has 55 nitrogen and oxygen atoms in total. The Morgan fingerprint density at radius 2 is 0.488 bits per heavy atom. The topological polar surface area (TPSA) is 847 Å². The van der Waals surface area contributed by atoms with E-state index in [0.717, 1.165) is 34.6 Å². The van der Waals surface area contributed by atoms with E-state index in [1.165, 1.54) is 6.92 Å². The summed E-state index contributed by atoms with van der Waals surface area (Å²) in [6.07, 6.45) is -96.0. The summed E-state index contributed by atoms with van der Waals surface area (Å²) >= 11 is 0. The lowest BCUT2D eigenvalue weighted by molar-refractivity contribution is -0.408. The molecule has 10 saturated heterocycles. The molecule has 722 valence electrons. The van der Waals surface area contributed by atoms with Gasteiger partial charge < -0.3 is 249 Å². The molecular formula is C70H117N5O50. The molecule has 50 unspecified atom stereocenters. The van der Waals surface area contributed by atoms with Gasteiger partial charge in [-0.3, -0.25) is 24.0 Å². The Morgan fingerprint density at radius 1 is 0.224 bits per heavy atom. The highest BCUT2D eigenvalue weighted by atomic mass is 16.8. The van der Waals surface area contributed by atoms with E-state index in [2.05, 4.69) is 26.6 Å². The Bertz CT molecular complexity index is 3420. The predicted molar refractivity (Wildman–Crippen MR) is 386 cm³/mol. The maximum Gasteiger partial charge on any atom is 0.217 e.